The van der Waals surface area contributed by atoms with E-state index < -0.39 is 11.1 Å². The summed E-state index contributed by atoms with van der Waals surface area (Å²) in [6, 6.07) is 7.38. The Bertz CT molecular complexity index is 409. The van der Waals surface area contributed by atoms with Crippen molar-refractivity contribution in [2.24, 2.45) is 0 Å². The summed E-state index contributed by atoms with van der Waals surface area (Å²) in [7, 11) is 0. The summed E-state index contributed by atoms with van der Waals surface area (Å²) in [6.45, 7) is 4.78. The number of aliphatic hydroxyl groups excluding tert-OH is 1. The molecule has 1 atom stereocenters. The van der Waals surface area contributed by atoms with Crippen LogP contribution in [0.25, 0.3) is 0 Å². The molecule has 1 aromatic rings. The maximum Gasteiger partial charge on any atom is 0.189 e. The van der Waals surface area contributed by atoms with Crippen molar-refractivity contribution in [3.8, 4) is 0 Å². The molecule has 0 aliphatic rings. The molecule has 0 heterocycles. The number of aryl methyl sites for hydroxylation is 1. The number of hydrogen-bond donors (Lipinski definition) is 1. The zero-order valence-electron chi connectivity index (χ0n) is 12.9. The van der Waals surface area contributed by atoms with Crippen molar-refractivity contribution in [3.05, 3.63) is 29.8 Å². The zero-order chi connectivity index (χ0) is 16.0. The zero-order valence-corrected chi connectivity index (χ0v) is 13.7. The van der Waals surface area contributed by atoms with Gasteiger partial charge in [-0.3, -0.25) is 4.18 Å². The van der Waals surface area contributed by atoms with Gasteiger partial charge in [-0.15, -0.1) is 0 Å². The van der Waals surface area contributed by atoms with Crippen molar-refractivity contribution in [2.45, 2.75) is 11.8 Å². The first-order chi connectivity index (χ1) is 10.7. The fourth-order valence-electron chi connectivity index (χ4n) is 1.49. The molecule has 0 amide bonds. The third-order valence-electron chi connectivity index (χ3n) is 2.61. The average molecular weight is 332 g/mol. The number of hydrogen-bond acceptors (Lipinski definition) is 6. The number of ether oxygens (including phenoxy) is 3. The molecule has 1 unspecified atom stereocenters. The van der Waals surface area contributed by atoms with Crippen molar-refractivity contribution >= 4 is 11.1 Å². The Hall–Kier alpha value is -0.830. The van der Waals surface area contributed by atoms with Gasteiger partial charge in [-0.1, -0.05) is 17.7 Å². The highest BCUT2D eigenvalue weighted by atomic mass is 32.2. The van der Waals surface area contributed by atoms with Gasteiger partial charge < -0.3 is 19.3 Å². The van der Waals surface area contributed by atoms with E-state index >= 15 is 0 Å². The van der Waals surface area contributed by atoms with E-state index in [0.29, 0.717) is 44.5 Å². The van der Waals surface area contributed by atoms with Gasteiger partial charge in [0.2, 0.25) is 0 Å². The maximum atomic E-state index is 11.8. The van der Waals surface area contributed by atoms with Gasteiger partial charge in [-0.25, -0.2) is 4.21 Å². The van der Waals surface area contributed by atoms with Crippen LogP contribution in [0.3, 0.4) is 0 Å². The highest BCUT2D eigenvalue weighted by Gasteiger charge is 2.03. The summed E-state index contributed by atoms with van der Waals surface area (Å²) in [5, 5.41) is 8.49. The summed E-state index contributed by atoms with van der Waals surface area (Å²) in [6.07, 6.45) is 0. The molecule has 0 saturated carbocycles. The third-order valence-corrected chi connectivity index (χ3v) is 3.65. The van der Waals surface area contributed by atoms with Crippen LogP contribution >= 0.6 is 0 Å². The van der Waals surface area contributed by atoms with E-state index in [4.69, 9.17) is 23.5 Å². The Labute approximate surface area is 134 Å². The number of benzene rings is 1. The molecule has 0 aromatic heterocycles. The molecule has 126 valence electrons. The van der Waals surface area contributed by atoms with Crippen molar-refractivity contribution in [3.63, 3.8) is 0 Å². The molecule has 0 saturated heterocycles. The second kappa shape index (κ2) is 12.7. The summed E-state index contributed by atoms with van der Waals surface area (Å²) in [4.78, 5) is 0.650. The van der Waals surface area contributed by atoms with E-state index in [-0.39, 0.29) is 13.2 Å². The molecule has 7 heteroatoms. The van der Waals surface area contributed by atoms with Gasteiger partial charge in [0.25, 0.3) is 0 Å². The molecular weight excluding hydrogens is 308 g/mol. The van der Waals surface area contributed by atoms with Crippen LogP contribution in [-0.4, -0.2) is 62.2 Å². The second-order valence-corrected chi connectivity index (χ2v) is 5.61. The first-order valence-electron chi connectivity index (χ1n) is 7.20. The smallest absolute Gasteiger partial charge is 0.189 e. The second-order valence-electron chi connectivity index (χ2n) is 4.43. The van der Waals surface area contributed by atoms with Gasteiger partial charge in [-0.05, 0) is 19.1 Å². The van der Waals surface area contributed by atoms with Crippen LogP contribution in [-0.2, 0) is 29.5 Å². The molecule has 0 bridgehead atoms. The highest BCUT2D eigenvalue weighted by molar-refractivity contribution is 7.80. The van der Waals surface area contributed by atoms with Gasteiger partial charge >= 0.3 is 0 Å². The third kappa shape index (κ3) is 9.24. The van der Waals surface area contributed by atoms with Crippen molar-refractivity contribution in [2.75, 3.05) is 52.9 Å². The molecule has 1 aromatic carbocycles. The lowest BCUT2D eigenvalue weighted by Gasteiger charge is -2.07. The molecule has 0 fully saturated rings. The topological polar surface area (TPSA) is 74.2 Å². The average Bonchev–Trinajstić information content (AvgIpc) is 2.53. The normalized spacial score (nSPS) is 12.5. The standard InChI is InChI=1S/C15H24O6S/c1-14-2-4-15(5-3-14)22(17)21-13-12-20-11-10-19-9-8-18-7-6-16/h2-5,16H,6-13H2,1H3. The van der Waals surface area contributed by atoms with Gasteiger partial charge in [0.15, 0.2) is 11.1 Å². The Morgan fingerprint density at radius 2 is 1.36 bits per heavy atom. The van der Waals surface area contributed by atoms with Gasteiger partial charge in [-0.2, -0.15) is 0 Å². The molecule has 6 nitrogen and oxygen atoms in total. The Kier molecular flexibility index (Phi) is 11.1. The van der Waals surface area contributed by atoms with Crippen LogP contribution < -0.4 is 0 Å². The molecule has 1 rings (SSSR count). The molecule has 1 N–H and O–H groups in total. The maximum absolute atomic E-state index is 11.8. The Morgan fingerprint density at radius 3 is 1.91 bits per heavy atom. The SMILES string of the molecule is Cc1ccc(S(=O)OCCOCCOCCOCCO)cc1. The van der Waals surface area contributed by atoms with E-state index in [2.05, 4.69) is 0 Å². The van der Waals surface area contributed by atoms with Crippen molar-refractivity contribution in [1.29, 1.82) is 0 Å². The minimum absolute atomic E-state index is 0.0209. The number of rotatable bonds is 13. The molecule has 0 aliphatic heterocycles. The van der Waals surface area contributed by atoms with Crippen LogP contribution in [0.4, 0.5) is 0 Å². The first kappa shape index (κ1) is 19.2. The van der Waals surface area contributed by atoms with Crippen molar-refractivity contribution in [1.82, 2.24) is 0 Å². The quantitative estimate of drug-likeness (QED) is 0.545. The predicted octanol–water partition coefficient (Wildman–Crippen LogP) is 1.08. The summed E-state index contributed by atoms with van der Waals surface area (Å²) in [5.74, 6) is 0. The van der Waals surface area contributed by atoms with Crippen LogP contribution in [0, 0.1) is 6.92 Å². The lowest BCUT2D eigenvalue weighted by atomic mass is 10.2. The van der Waals surface area contributed by atoms with Crippen LogP contribution in [0.15, 0.2) is 29.2 Å². The lowest BCUT2D eigenvalue weighted by Crippen LogP contribution is -2.13. The molecule has 0 spiro atoms. The van der Waals surface area contributed by atoms with E-state index in [1.165, 1.54) is 0 Å². The molecule has 0 aliphatic carbocycles. The highest BCUT2D eigenvalue weighted by Crippen LogP contribution is 2.08. The Balaban J connectivity index is 1.93. The van der Waals surface area contributed by atoms with Crippen molar-refractivity contribution < 1.29 is 27.7 Å². The fraction of sp³-hybridized carbons (Fsp3) is 0.600. The molecule has 22 heavy (non-hydrogen) atoms. The number of aliphatic hydroxyl groups is 1. The monoisotopic (exact) mass is 332 g/mol. The van der Waals surface area contributed by atoms with E-state index in [1.807, 2.05) is 19.1 Å². The van der Waals surface area contributed by atoms with Gasteiger partial charge in [0.05, 0.1) is 57.8 Å². The lowest BCUT2D eigenvalue weighted by molar-refractivity contribution is 0.00416. The largest absolute Gasteiger partial charge is 0.394 e. The van der Waals surface area contributed by atoms with E-state index in [9.17, 15) is 4.21 Å². The van der Waals surface area contributed by atoms with Crippen LogP contribution in [0.2, 0.25) is 0 Å². The first-order valence-corrected chi connectivity index (χ1v) is 8.27. The van der Waals surface area contributed by atoms with Gasteiger partial charge in [0.1, 0.15) is 0 Å². The molecule has 0 radical (unpaired) electrons. The fourth-order valence-corrected chi connectivity index (χ4v) is 2.21. The summed E-state index contributed by atoms with van der Waals surface area (Å²) < 4.78 is 32.6. The van der Waals surface area contributed by atoms with Crippen LogP contribution in [0.5, 0.6) is 0 Å². The van der Waals surface area contributed by atoms with Crippen LogP contribution in [0.1, 0.15) is 5.56 Å². The Morgan fingerprint density at radius 1 is 0.864 bits per heavy atom. The van der Waals surface area contributed by atoms with E-state index in [0.717, 1.165) is 5.56 Å². The predicted molar refractivity (Wildman–Crippen MR) is 83.1 cm³/mol. The minimum Gasteiger partial charge on any atom is -0.394 e. The summed E-state index contributed by atoms with van der Waals surface area (Å²) in [5.41, 5.74) is 1.12. The summed E-state index contributed by atoms with van der Waals surface area (Å²) >= 11 is -1.45. The van der Waals surface area contributed by atoms with Gasteiger partial charge in [0, 0.05) is 0 Å². The molecular formula is C15H24O6S. The minimum atomic E-state index is -1.45. The van der Waals surface area contributed by atoms with E-state index in [1.54, 1.807) is 12.1 Å².